The van der Waals surface area contributed by atoms with Crippen molar-refractivity contribution in [2.75, 3.05) is 20.2 Å². The van der Waals surface area contributed by atoms with Gasteiger partial charge in [0.1, 0.15) is 0 Å². The van der Waals surface area contributed by atoms with Crippen LogP contribution in [0.3, 0.4) is 0 Å². The zero-order chi connectivity index (χ0) is 26.4. The smallest absolute Gasteiger partial charge is 0.274 e. The largest absolute Gasteiger partial charge is 0.481 e. The molecule has 1 aromatic carbocycles. The summed E-state index contributed by atoms with van der Waals surface area (Å²) in [4.78, 5) is 31.8. The van der Waals surface area contributed by atoms with Gasteiger partial charge in [0.25, 0.3) is 5.91 Å². The molecule has 5 heterocycles. The summed E-state index contributed by atoms with van der Waals surface area (Å²) < 4.78 is 7.32. The molecule has 0 saturated carbocycles. The van der Waals surface area contributed by atoms with Crippen LogP contribution in [0, 0.1) is 0 Å². The highest BCUT2D eigenvalue weighted by Gasteiger charge is 2.44. The number of hydrogen-bond donors (Lipinski definition) is 0. The minimum atomic E-state index is -0.119. The van der Waals surface area contributed by atoms with Gasteiger partial charge in [-0.3, -0.25) is 14.1 Å². The number of methoxy groups -OCH3 is 1. The lowest BCUT2D eigenvalue weighted by Crippen LogP contribution is -2.55. The number of aromatic nitrogens is 4. The molecule has 2 aliphatic rings. The van der Waals surface area contributed by atoms with Crippen molar-refractivity contribution < 1.29 is 9.53 Å². The maximum Gasteiger partial charge on any atom is 0.274 e. The van der Waals surface area contributed by atoms with Crippen LogP contribution in [0.25, 0.3) is 17.0 Å². The molecule has 2 fully saturated rings. The lowest BCUT2D eigenvalue weighted by atomic mass is 10.0. The number of carbonyl (C=O) groups excluding carboxylic acids is 1. The number of amides is 1. The minimum absolute atomic E-state index is 0.108. The fourth-order valence-corrected chi connectivity index (χ4v) is 6.00. The van der Waals surface area contributed by atoms with Gasteiger partial charge in [0.2, 0.25) is 11.7 Å². The molecule has 4 aromatic rings. The number of likely N-dealkylation sites (tertiary alicyclic amines) is 1. The Kier molecular flexibility index (Phi) is 6.53. The first kappa shape index (κ1) is 24.8. The summed E-state index contributed by atoms with van der Waals surface area (Å²) in [5, 5.41) is 0.351. The zero-order valence-corrected chi connectivity index (χ0v) is 22.6. The zero-order valence-electron chi connectivity index (χ0n) is 21.8. The first-order chi connectivity index (χ1) is 18.4. The maximum atomic E-state index is 13.5. The van der Waals surface area contributed by atoms with Crippen LogP contribution in [0.2, 0.25) is 5.02 Å². The molecule has 9 heteroatoms. The van der Waals surface area contributed by atoms with Gasteiger partial charge in [-0.1, -0.05) is 49.7 Å². The van der Waals surface area contributed by atoms with Crippen molar-refractivity contribution in [3.8, 4) is 17.1 Å². The number of ether oxygens (including phenoxy) is 1. The summed E-state index contributed by atoms with van der Waals surface area (Å²) in [6.45, 7) is 6.69. The van der Waals surface area contributed by atoms with Crippen molar-refractivity contribution in [3.05, 3.63) is 76.8 Å². The third kappa shape index (κ3) is 4.41. The van der Waals surface area contributed by atoms with Gasteiger partial charge in [-0.05, 0) is 36.5 Å². The molecule has 1 amide bonds. The first-order valence-corrected chi connectivity index (χ1v) is 13.5. The van der Waals surface area contributed by atoms with Gasteiger partial charge in [0, 0.05) is 55.7 Å². The van der Waals surface area contributed by atoms with Crippen molar-refractivity contribution in [2.24, 2.45) is 0 Å². The molecule has 2 saturated heterocycles. The first-order valence-electron chi connectivity index (χ1n) is 13.1. The molecule has 2 aliphatic heterocycles. The topological polar surface area (TPSA) is 75.9 Å². The Morgan fingerprint density at radius 3 is 2.50 bits per heavy atom. The summed E-state index contributed by atoms with van der Waals surface area (Å²) in [6.07, 6.45) is 5.74. The molecule has 0 spiro atoms. The second kappa shape index (κ2) is 10.0. The monoisotopic (exact) mass is 530 g/mol. The van der Waals surface area contributed by atoms with Gasteiger partial charge in [-0.25, -0.2) is 15.0 Å². The number of rotatable bonds is 6. The molecule has 2 bridgehead atoms. The van der Waals surface area contributed by atoms with Crippen LogP contribution in [0.1, 0.15) is 54.4 Å². The molecule has 0 radical (unpaired) electrons. The number of nitrogens with zero attached hydrogens (tertiary/aromatic N) is 6. The second-order valence-corrected chi connectivity index (χ2v) is 10.9. The Morgan fingerprint density at radius 2 is 1.82 bits per heavy atom. The predicted molar refractivity (Wildman–Crippen MR) is 147 cm³/mol. The Balaban J connectivity index is 1.27. The normalized spacial score (nSPS) is 19.4. The molecule has 2 atom stereocenters. The quantitative estimate of drug-likeness (QED) is 0.346. The summed E-state index contributed by atoms with van der Waals surface area (Å²) >= 11 is 6.37. The van der Waals surface area contributed by atoms with Crippen molar-refractivity contribution in [1.29, 1.82) is 0 Å². The summed E-state index contributed by atoms with van der Waals surface area (Å²) in [6, 6.07) is 14.2. The van der Waals surface area contributed by atoms with E-state index in [-0.39, 0.29) is 23.7 Å². The number of imidazole rings is 1. The number of benzene rings is 1. The highest BCUT2D eigenvalue weighted by molar-refractivity contribution is 6.33. The Hall–Kier alpha value is -3.49. The van der Waals surface area contributed by atoms with Crippen LogP contribution in [0.5, 0.6) is 5.88 Å². The molecule has 3 aromatic heterocycles. The average molecular weight is 531 g/mol. The molecular formula is C29H31ClN6O2. The van der Waals surface area contributed by atoms with Crippen LogP contribution in [-0.4, -0.2) is 67.3 Å². The van der Waals surface area contributed by atoms with Crippen molar-refractivity contribution in [1.82, 2.24) is 29.2 Å². The van der Waals surface area contributed by atoms with Crippen molar-refractivity contribution >= 4 is 23.3 Å². The predicted octanol–water partition coefficient (Wildman–Crippen LogP) is 5.07. The number of hydrogen-bond acceptors (Lipinski definition) is 6. The lowest BCUT2D eigenvalue weighted by Gasteiger charge is -2.41. The van der Waals surface area contributed by atoms with E-state index in [4.69, 9.17) is 21.3 Å². The van der Waals surface area contributed by atoms with Gasteiger partial charge in [-0.15, -0.1) is 0 Å². The highest BCUT2D eigenvalue weighted by Crippen LogP contribution is 2.35. The van der Waals surface area contributed by atoms with Crippen LogP contribution in [0.4, 0.5) is 0 Å². The van der Waals surface area contributed by atoms with Crippen LogP contribution in [0.15, 0.2) is 54.9 Å². The minimum Gasteiger partial charge on any atom is -0.481 e. The number of carbonyl (C=O) groups is 1. The van der Waals surface area contributed by atoms with E-state index in [0.717, 1.165) is 49.4 Å². The van der Waals surface area contributed by atoms with E-state index in [9.17, 15) is 4.79 Å². The molecule has 0 aliphatic carbocycles. The van der Waals surface area contributed by atoms with E-state index in [2.05, 4.69) is 57.4 Å². The summed E-state index contributed by atoms with van der Waals surface area (Å²) in [7, 11) is 1.54. The van der Waals surface area contributed by atoms with Crippen molar-refractivity contribution in [3.63, 3.8) is 0 Å². The lowest BCUT2D eigenvalue weighted by molar-refractivity contribution is 0.0396. The third-order valence-electron chi connectivity index (χ3n) is 7.75. The van der Waals surface area contributed by atoms with E-state index < -0.39 is 0 Å². The summed E-state index contributed by atoms with van der Waals surface area (Å²) in [5.41, 5.74) is 4.72. The van der Waals surface area contributed by atoms with E-state index in [1.54, 1.807) is 18.3 Å². The van der Waals surface area contributed by atoms with Gasteiger partial charge in [-0.2, -0.15) is 0 Å². The van der Waals surface area contributed by atoms with Crippen LogP contribution >= 0.6 is 11.6 Å². The van der Waals surface area contributed by atoms with Crippen LogP contribution < -0.4 is 4.74 Å². The standard InChI is InChI=1S/C29H31ClN6O2/c1-18(2)19-5-7-20(8-6-19)26-24(35-14-4-13-31-29(35)33-26)17-34-15-21-9-10-22(16-34)36(21)28(37)27-23(30)11-12-25(32-27)38-3/h4-8,11-14,18,21-22H,9-10,15-17H2,1-3H3/t21-,22+. The summed E-state index contributed by atoms with van der Waals surface area (Å²) in [5.74, 6) is 1.44. The highest BCUT2D eigenvalue weighted by atomic mass is 35.5. The Bertz CT molecular complexity index is 1470. The molecular weight excluding hydrogens is 500 g/mol. The number of piperazine rings is 1. The number of fused-ring (bicyclic) bond motifs is 3. The van der Waals surface area contributed by atoms with Crippen LogP contribution in [-0.2, 0) is 6.54 Å². The second-order valence-electron chi connectivity index (χ2n) is 10.4. The molecule has 0 N–H and O–H groups in total. The van der Waals surface area contributed by atoms with Gasteiger partial charge in [0.05, 0.1) is 23.5 Å². The van der Waals surface area contributed by atoms with Gasteiger partial charge >= 0.3 is 0 Å². The maximum absolute atomic E-state index is 13.5. The Labute approximate surface area is 227 Å². The van der Waals surface area contributed by atoms with E-state index in [1.807, 2.05) is 17.2 Å². The molecule has 6 rings (SSSR count). The fraction of sp³-hybridized carbons (Fsp3) is 0.379. The molecule has 8 nitrogen and oxygen atoms in total. The SMILES string of the molecule is COc1ccc(Cl)c(C(=O)N2[C@@H]3CC[C@H]2CN(Cc2c(-c4ccc(C(C)C)cc4)nc4ncccn24)C3)n1. The fourth-order valence-electron chi connectivity index (χ4n) is 5.82. The van der Waals surface area contributed by atoms with Gasteiger partial charge in [0.15, 0.2) is 5.69 Å². The van der Waals surface area contributed by atoms with E-state index in [0.29, 0.717) is 22.6 Å². The molecule has 0 unspecified atom stereocenters. The van der Waals surface area contributed by atoms with E-state index >= 15 is 0 Å². The Morgan fingerprint density at radius 1 is 1.08 bits per heavy atom. The third-order valence-corrected chi connectivity index (χ3v) is 8.06. The number of halogens is 1. The average Bonchev–Trinajstić information content (AvgIpc) is 3.42. The molecule has 38 heavy (non-hydrogen) atoms. The van der Waals surface area contributed by atoms with Crippen molar-refractivity contribution in [2.45, 2.75) is 51.2 Å². The molecule has 196 valence electrons. The van der Waals surface area contributed by atoms with E-state index in [1.165, 1.54) is 12.7 Å². The number of pyridine rings is 1. The van der Waals surface area contributed by atoms with Gasteiger partial charge < -0.3 is 9.64 Å².